The molecular weight excluding hydrogens is 270 g/mol. The van der Waals surface area contributed by atoms with Crippen LogP contribution in [0.1, 0.15) is 31.0 Å². The number of aliphatic carboxylic acids is 1. The number of para-hydroxylation sites is 1. The van der Waals surface area contributed by atoms with Crippen LogP contribution < -0.4 is 4.74 Å². The van der Waals surface area contributed by atoms with Crippen LogP contribution in [0, 0.1) is 0 Å². The van der Waals surface area contributed by atoms with Gasteiger partial charge in [0.1, 0.15) is 17.4 Å². The minimum atomic E-state index is -0.835. The Morgan fingerprint density at radius 3 is 2.71 bits per heavy atom. The Morgan fingerprint density at radius 1 is 1.33 bits per heavy atom. The first kappa shape index (κ1) is 14.4. The van der Waals surface area contributed by atoms with Crippen molar-refractivity contribution < 1.29 is 19.4 Å². The second-order valence-corrected chi connectivity index (χ2v) is 6.26. The molecular formula is C16H21NO4. The summed E-state index contributed by atoms with van der Waals surface area (Å²) in [5.74, 6) is -0.0833. The van der Waals surface area contributed by atoms with Crippen LogP contribution >= 0.6 is 0 Å². The van der Waals surface area contributed by atoms with Crippen molar-refractivity contribution in [2.45, 2.75) is 31.9 Å². The van der Waals surface area contributed by atoms with Crippen molar-refractivity contribution in [3.05, 3.63) is 29.3 Å². The van der Waals surface area contributed by atoms with Gasteiger partial charge in [-0.25, -0.2) is 0 Å². The summed E-state index contributed by atoms with van der Waals surface area (Å²) in [4.78, 5) is 13.8. The topological polar surface area (TPSA) is 59.0 Å². The molecule has 0 saturated carbocycles. The highest BCUT2D eigenvalue weighted by Crippen LogP contribution is 2.41. The smallest absolute Gasteiger partial charge is 0.325 e. The maximum Gasteiger partial charge on any atom is 0.325 e. The third-order valence-electron chi connectivity index (χ3n) is 4.06. The number of ether oxygens (including phenoxy) is 2. The van der Waals surface area contributed by atoms with Gasteiger partial charge in [-0.2, -0.15) is 0 Å². The number of morpholine rings is 1. The Bertz CT molecular complexity index is 549. The third kappa shape index (κ3) is 2.76. The lowest BCUT2D eigenvalue weighted by molar-refractivity contribution is -0.145. The average Bonchev–Trinajstić information content (AvgIpc) is 2.75. The predicted molar refractivity (Wildman–Crippen MR) is 77.6 cm³/mol. The standard InChI is InChI=1S/C16H21NO4/c1-16(2)10-11-4-3-5-12(14(11)21-16)13(15(18)19)17-6-8-20-9-7-17/h3-5,13H,6-10H2,1-2H3,(H,18,19). The highest BCUT2D eigenvalue weighted by atomic mass is 16.5. The van der Waals surface area contributed by atoms with E-state index >= 15 is 0 Å². The van der Waals surface area contributed by atoms with Crippen molar-refractivity contribution >= 4 is 5.97 Å². The molecule has 114 valence electrons. The number of carboxylic acid groups (broad SMARTS) is 1. The molecule has 2 aliphatic rings. The quantitative estimate of drug-likeness (QED) is 0.921. The summed E-state index contributed by atoms with van der Waals surface area (Å²) < 4.78 is 11.4. The van der Waals surface area contributed by atoms with Crippen molar-refractivity contribution in [3.63, 3.8) is 0 Å². The molecule has 0 aliphatic carbocycles. The van der Waals surface area contributed by atoms with E-state index in [1.165, 1.54) is 0 Å². The third-order valence-corrected chi connectivity index (χ3v) is 4.06. The summed E-state index contributed by atoms with van der Waals surface area (Å²) in [6.45, 7) is 6.47. The number of carbonyl (C=O) groups is 1. The molecule has 3 rings (SSSR count). The Hall–Kier alpha value is -1.59. The molecule has 1 unspecified atom stereocenters. The van der Waals surface area contributed by atoms with Crippen LogP contribution in [0.25, 0.3) is 0 Å². The van der Waals surface area contributed by atoms with Crippen LogP contribution in [-0.4, -0.2) is 47.9 Å². The first-order valence-electron chi connectivity index (χ1n) is 7.33. The molecule has 0 aromatic heterocycles. The van der Waals surface area contributed by atoms with Crippen molar-refractivity contribution in [3.8, 4) is 5.75 Å². The van der Waals surface area contributed by atoms with Gasteiger partial charge in [-0.3, -0.25) is 9.69 Å². The van der Waals surface area contributed by atoms with Crippen LogP contribution in [0.2, 0.25) is 0 Å². The molecule has 0 radical (unpaired) electrons. The maximum atomic E-state index is 11.8. The number of rotatable bonds is 3. The number of hydrogen-bond acceptors (Lipinski definition) is 4. The SMILES string of the molecule is CC1(C)Cc2cccc(C(C(=O)O)N3CCOCC3)c2O1. The highest BCUT2D eigenvalue weighted by molar-refractivity contribution is 5.77. The van der Waals surface area contributed by atoms with E-state index in [1.807, 2.05) is 36.9 Å². The summed E-state index contributed by atoms with van der Waals surface area (Å²) in [5.41, 5.74) is 1.58. The minimum absolute atomic E-state index is 0.271. The van der Waals surface area contributed by atoms with Gasteiger partial charge in [-0.1, -0.05) is 18.2 Å². The molecule has 1 N–H and O–H groups in total. The lowest BCUT2D eigenvalue weighted by Crippen LogP contribution is -2.42. The maximum absolute atomic E-state index is 11.8. The second-order valence-electron chi connectivity index (χ2n) is 6.26. The van der Waals surface area contributed by atoms with Crippen LogP contribution in [0.4, 0.5) is 0 Å². The van der Waals surface area contributed by atoms with E-state index in [0.29, 0.717) is 26.3 Å². The van der Waals surface area contributed by atoms with Gasteiger partial charge >= 0.3 is 5.97 Å². The van der Waals surface area contributed by atoms with Gasteiger partial charge in [0, 0.05) is 25.1 Å². The van der Waals surface area contributed by atoms with Crippen molar-refractivity contribution in [2.75, 3.05) is 26.3 Å². The van der Waals surface area contributed by atoms with Crippen LogP contribution in [0.5, 0.6) is 5.75 Å². The van der Waals surface area contributed by atoms with E-state index in [2.05, 4.69) is 0 Å². The molecule has 5 nitrogen and oxygen atoms in total. The Kier molecular flexibility index (Phi) is 3.63. The summed E-state index contributed by atoms with van der Waals surface area (Å²) >= 11 is 0. The van der Waals surface area contributed by atoms with Gasteiger partial charge in [0.15, 0.2) is 0 Å². The van der Waals surface area contributed by atoms with E-state index < -0.39 is 12.0 Å². The molecule has 0 amide bonds. The molecule has 2 heterocycles. The van der Waals surface area contributed by atoms with Gasteiger partial charge in [-0.05, 0) is 19.4 Å². The number of fused-ring (bicyclic) bond motifs is 1. The van der Waals surface area contributed by atoms with Crippen LogP contribution in [-0.2, 0) is 16.0 Å². The number of nitrogens with zero attached hydrogens (tertiary/aromatic N) is 1. The predicted octanol–water partition coefficient (Wildman–Crippen LogP) is 1.86. The Labute approximate surface area is 124 Å². The normalized spacial score (nSPS) is 22.4. The number of hydrogen-bond donors (Lipinski definition) is 1. The molecule has 0 spiro atoms. The van der Waals surface area contributed by atoms with Gasteiger partial charge in [-0.15, -0.1) is 0 Å². The summed E-state index contributed by atoms with van der Waals surface area (Å²) in [5, 5.41) is 9.70. The average molecular weight is 291 g/mol. The molecule has 0 bridgehead atoms. The highest BCUT2D eigenvalue weighted by Gasteiger charge is 2.37. The lowest BCUT2D eigenvalue weighted by Gasteiger charge is -2.33. The zero-order chi connectivity index (χ0) is 15.0. The molecule has 2 aliphatic heterocycles. The molecule has 21 heavy (non-hydrogen) atoms. The molecule has 1 aromatic carbocycles. The zero-order valence-corrected chi connectivity index (χ0v) is 12.5. The van der Waals surface area contributed by atoms with E-state index in [1.54, 1.807) is 0 Å². The van der Waals surface area contributed by atoms with E-state index in [0.717, 1.165) is 23.3 Å². The van der Waals surface area contributed by atoms with Crippen molar-refractivity contribution in [2.24, 2.45) is 0 Å². The summed E-state index contributed by atoms with van der Waals surface area (Å²) in [6.07, 6.45) is 0.811. The lowest BCUT2D eigenvalue weighted by atomic mass is 9.97. The monoisotopic (exact) mass is 291 g/mol. The zero-order valence-electron chi connectivity index (χ0n) is 12.5. The largest absolute Gasteiger partial charge is 0.487 e. The van der Waals surface area contributed by atoms with E-state index in [4.69, 9.17) is 9.47 Å². The Balaban J connectivity index is 1.98. The first-order valence-corrected chi connectivity index (χ1v) is 7.33. The van der Waals surface area contributed by atoms with Gasteiger partial charge in [0.25, 0.3) is 0 Å². The minimum Gasteiger partial charge on any atom is -0.487 e. The van der Waals surface area contributed by atoms with Crippen molar-refractivity contribution in [1.29, 1.82) is 0 Å². The molecule has 1 fully saturated rings. The number of carboxylic acids is 1. The first-order chi connectivity index (χ1) is 9.98. The fourth-order valence-corrected chi connectivity index (χ4v) is 3.18. The summed E-state index contributed by atoms with van der Waals surface area (Å²) in [6, 6.07) is 5.15. The Morgan fingerprint density at radius 2 is 2.05 bits per heavy atom. The van der Waals surface area contributed by atoms with Gasteiger partial charge in [0.05, 0.1) is 13.2 Å². The molecule has 1 saturated heterocycles. The van der Waals surface area contributed by atoms with Crippen LogP contribution in [0.3, 0.4) is 0 Å². The van der Waals surface area contributed by atoms with Gasteiger partial charge in [0.2, 0.25) is 0 Å². The van der Waals surface area contributed by atoms with E-state index in [9.17, 15) is 9.90 Å². The summed E-state index contributed by atoms with van der Waals surface area (Å²) in [7, 11) is 0. The van der Waals surface area contributed by atoms with Crippen molar-refractivity contribution in [1.82, 2.24) is 4.90 Å². The molecule has 5 heteroatoms. The van der Waals surface area contributed by atoms with Crippen LogP contribution in [0.15, 0.2) is 18.2 Å². The molecule has 1 aromatic rings. The molecule has 1 atom stereocenters. The number of benzene rings is 1. The van der Waals surface area contributed by atoms with E-state index in [-0.39, 0.29) is 5.60 Å². The fourth-order valence-electron chi connectivity index (χ4n) is 3.18. The van der Waals surface area contributed by atoms with Gasteiger partial charge < -0.3 is 14.6 Å². The fraction of sp³-hybridized carbons (Fsp3) is 0.562. The second kappa shape index (κ2) is 5.31.